The molecule has 0 spiro atoms. The summed E-state index contributed by atoms with van der Waals surface area (Å²) in [5, 5.41) is 13.8. The number of aliphatic hydroxyl groups is 1. The molecule has 1 unspecified atom stereocenters. The second-order valence-electron chi connectivity index (χ2n) is 13.3. The summed E-state index contributed by atoms with van der Waals surface area (Å²) in [4.78, 5) is 22.8. The molecule has 8 nitrogen and oxygen atoms in total. The van der Waals surface area contributed by atoms with Crippen LogP contribution in [0.25, 0.3) is 0 Å². The number of carbonyl (C=O) groups is 1. The Morgan fingerprint density at radius 2 is 1.14 bits per heavy atom. The van der Waals surface area contributed by atoms with Crippen molar-refractivity contribution in [2.45, 2.75) is 167 Å². The van der Waals surface area contributed by atoms with E-state index in [4.69, 9.17) is 9.05 Å². The lowest BCUT2D eigenvalue weighted by molar-refractivity contribution is -0.870. The van der Waals surface area contributed by atoms with Crippen molar-refractivity contribution in [3.05, 3.63) is 0 Å². The summed E-state index contributed by atoms with van der Waals surface area (Å²) in [6, 6.07) is -0.748. The van der Waals surface area contributed by atoms with Gasteiger partial charge in [0.2, 0.25) is 5.91 Å². The van der Waals surface area contributed by atoms with Crippen molar-refractivity contribution in [1.82, 2.24) is 5.32 Å². The number of nitrogens with zero attached hydrogens (tertiary/aromatic N) is 1. The molecule has 3 atom stereocenters. The van der Waals surface area contributed by atoms with Crippen molar-refractivity contribution in [3.63, 3.8) is 0 Å². The van der Waals surface area contributed by atoms with Crippen LogP contribution in [0.5, 0.6) is 0 Å². The first kappa shape index (κ1) is 41.5. The number of quaternary nitrogens is 1. The number of phosphoric acid groups is 1. The summed E-state index contributed by atoms with van der Waals surface area (Å²) < 4.78 is 23.4. The Bertz CT molecular complexity index is 673. The van der Waals surface area contributed by atoms with Gasteiger partial charge in [0.15, 0.2) is 0 Å². The van der Waals surface area contributed by atoms with Gasteiger partial charge >= 0.3 is 7.82 Å². The van der Waals surface area contributed by atoms with E-state index in [1.807, 2.05) is 21.1 Å². The number of aliphatic hydroxyl groups excluding tert-OH is 1. The predicted molar refractivity (Wildman–Crippen MR) is 175 cm³/mol. The van der Waals surface area contributed by atoms with Crippen molar-refractivity contribution < 1.29 is 32.9 Å². The van der Waals surface area contributed by atoms with Crippen LogP contribution in [0.2, 0.25) is 0 Å². The summed E-state index contributed by atoms with van der Waals surface area (Å²) in [6.45, 7) is 4.83. The first-order valence-electron chi connectivity index (χ1n) is 17.4. The summed E-state index contributed by atoms with van der Waals surface area (Å²) in [5.41, 5.74) is 0. The average molecular weight is 622 g/mol. The molecule has 252 valence electrons. The van der Waals surface area contributed by atoms with Crippen molar-refractivity contribution in [1.29, 1.82) is 0 Å². The quantitative estimate of drug-likeness (QED) is 0.0409. The zero-order valence-corrected chi connectivity index (χ0v) is 29.1. The second kappa shape index (κ2) is 26.9. The lowest BCUT2D eigenvalue weighted by Crippen LogP contribution is -2.46. The first-order valence-corrected chi connectivity index (χ1v) is 18.9. The number of phosphoric ester groups is 1. The highest BCUT2D eigenvalue weighted by molar-refractivity contribution is 7.47. The van der Waals surface area contributed by atoms with Crippen molar-refractivity contribution in [2.24, 2.45) is 0 Å². The van der Waals surface area contributed by atoms with E-state index in [1.54, 1.807) is 0 Å². The molecule has 0 aromatic carbocycles. The van der Waals surface area contributed by atoms with Crippen LogP contribution < -0.4 is 5.32 Å². The van der Waals surface area contributed by atoms with E-state index in [-0.39, 0.29) is 19.1 Å². The van der Waals surface area contributed by atoms with Gasteiger partial charge in [-0.2, -0.15) is 0 Å². The van der Waals surface area contributed by atoms with E-state index >= 15 is 0 Å². The molecule has 0 bridgehead atoms. The number of hydrogen-bond acceptors (Lipinski definition) is 5. The highest BCUT2D eigenvalue weighted by Crippen LogP contribution is 2.43. The lowest BCUT2D eigenvalue weighted by atomic mass is 10.0. The normalized spacial score (nSPS) is 14.9. The summed E-state index contributed by atoms with van der Waals surface area (Å²) >= 11 is 0. The molecular formula is C33H70N2O6P+. The van der Waals surface area contributed by atoms with Crippen LogP contribution in [0.3, 0.4) is 0 Å². The molecule has 1 amide bonds. The van der Waals surface area contributed by atoms with Gasteiger partial charge in [0.05, 0.1) is 39.9 Å². The maximum Gasteiger partial charge on any atom is 0.472 e. The van der Waals surface area contributed by atoms with Gasteiger partial charge in [0.1, 0.15) is 13.2 Å². The third kappa shape index (κ3) is 28.3. The molecule has 0 aromatic heterocycles. The van der Waals surface area contributed by atoms with Crippen LogP contribution in [0.1, 0.15) is 155 Å². The first-order chi connectivity index (χ1) is 20.0. The van der Waals surface area contributed by atoms with Crippen LogP contribution in [-0.2, 0) is 18.4 Å². The number of nitrogens with one attached hydrogen (secondary N) is 1. The van der Waals surface area contributed by atoms with E-state index in [0.717, 1.165) is 38.5 Å². The monoisotopic (exact) mass is 621 g/mol. The average Bonchev–Trinajstić information content (AvgIpc) is 2.92. The highest BCUT2D eigenvalue weighted by atomic mass is 31.2. The minimum absolute atomic E-state index is 0.0775. The highest BCUT2D eigenvalue weighted by Gasteiger charge is 2.28. The summed E-state index contributed by atoms with van der Waals surface area (Å²) in [7, 11) is 1.62. The largest absolute Gasteiger partial charge is 0.472 e. The summed E-state index contributed by atoms with van der Waals surface area (Å²) in [6.07, 6.45) is 24.1. The fourth-order valence-corrected chi connectivity index (χ4v) is 5.72. The molecule has 3 N–H and O–H groups in total. The molecule has 0 rings (SSSR count). The number of hydrogen-bond donors (Lipinski definition) is 3. The van der Waals surface area contributed by atoms with Crippen molar-refractivity contribution in [2.75, 3.05) is 40.9 Å². The SMILES string of the molecule is CCCCCCCCCCCCCC[C@@H](O)[C@H](COP(=O)(O)OCC[N+](C)(C)C)NC(=O)CCCCCCCCCC. The van der Waals surface area contributed by atoms with Gasteiger partial charge in [0.25, 0.3) is 0 Å². The number of rotatable bonds is 31. The minimum atomic E-state index is -4.29. The zero-order valence-electron chi connectivity index (χ0n) is 28.3. The molecule has 0 fully saturated rings. The van der Waals surface area contributed by atoms with Gasteiger partial charge < -0.3 is 19.8 Å². The third-order valence-corrected chi connectivity index (χ3v) is 8.84. The van der Waals surface area contributed by atoms with Crippen molar-refractivity contribution in [3.8, 4) is 0 Å². The van der Waals surface area contributed by atoms with E-state index in [2.05, 4.69) is 19.2 Å². The second-order valence-corrected chi connectivity index (χ2v) is 14.7. The molecule has 0 saturated heterocycles. The van der Waals surface area contributed by atoms with Gasteiger partial charge in [-0.3, -0.25) is 13.8 Å². The maximum atomic E-state index is 12.7. The maximum absolute atomic E-state index is 12.7. The predicted octanol–water partition coefficient (Wildman–Crippen LogP) is 8.29. The number of carbonyl (C=O) groups excluding carboxylic acids is 1. The minimum Gasteiger partial charge on any atom is -0.391 e. The smallest absolute Gasteiger partial charge is 0.391 e. The van der Waals surface area contributed by atoms with Crippen LogP contribution in [0, 0.1) is 0 Å². The van der Waals surface area contributed by atoms with Crippen LogP contribution in [0.15, 0.2) is 0 Å². The van der Waals surface area contributed by atoms with Gasteiger partial charge in [-0.25, -0.2) is 4.57 Å². The molecule has 0 heterocycles. The molecule has 0 aliphatic carbocycles. The van der Waals surface area contributed by atoms with E-state index in [1.165, 1.54) is 89.9 Å². The molecule has 0 aliphatic heterocycles. The van der Waals surface area contributed by atoms with E-state index in [9.17, 15) is 19.4 Å². The number of unbranched alkanes of at least 4 members (excludes halogenated alkanes) is 18. The molecular weight excluding hydrogens is 551 g/mol. The van der Waals surface area contributed by atoms with Crippen molar-refractivity contribution >= 4 is 13.7 Å². The number of amides is 1. The fourth-order valence-electron chi connectivity index (χ4n) is 4.98. The molecule has 0 radical (unpaired) electrons. The Kier molecular flexibility index (Phi) is 26.5. The van der Waals surface area contributed by atoms with Crippen LogP contribution in [0.4, 0.5) is 0 Å². The van der Waals surface area contributed by atoms with E-state index in [0.29, 0.717) is 23.9 Å². The van der Waals surface area contributed by atoms with Gasteiger partial charge in [-0.05, 0) is 12.8 Å². The Labute approximate surface area is 259 Å². The van der Waals surface area contributed by atoms with E-state index < -0.39 is 20.0 Å². The molecule has 42 heavy (non-hydrogen) atoms. The van der Waals surface area contributed by atoms with Gasteiger partial charge in [-0.15, -0.1) is 0 Å². The Morgan fingerprint density at radius 3 is 1.60 bits per heavy atom. The lowest BCUT2D eigenvalue weighted by Gasteiger charge is -2.26. The fraction of sp³-hybridized carbons (Fsp3) is 0.970. The molecule has 0 aromatic rings. The standard InChI is InChI=1S/C33H69N2O6P/c1-6-8-10-12-14-16-17-18-19-20-22-24-26-32(36)31(30-41-42(38,39)40-29-28-35(3,4)5)34-33(37)27-25-23-21-15-13-11-9-7-2/h31-32,36H,6-30H2,1-5H3,(H-,34,37,38,39)/p+1/t31-,32+/m0/s1. The molecule has 9 heteroatoms. The van der Waals surface area contributed by atoms with Gasteiger partial charge in [0, 0.05) is 6.42 Å². The summed E-state index contributed by atoms with van der Waals surface area (Å²) in [5.74, 6) is -0.151. The topological polar surface area (TPSA) is 105 Å². The Morgan fingerprint density at radius 1 is 0.714 bits per heavy atom. The Hall–Kier alpha value is -0.500. The Balaban J connectivity index is 4.51. The van der Waals surface area contributed by atoms with Crippen LogP contribution >= 0.6 is 7.82 Å². The molecule has 0 saturated carbocycles. The van der Waals surface area contributed by atoms with Gasteiger partial charge in [-0.1, -0.05) is 136 Å². The number of likely N-dealkylation sites (N-methyl/N-ethyl adjacent to an activating group) is 1. The molecule has 0 aliphatic rings. The van der Waals surface area contributed by atoms with Crippen LogP contribution in [-0.4, -0.2) is 73.4 Å². The third-order valence-electron chi connectivity index (χ3n) is 7.86. The zero-order chi connectivity index (χ0) is 31.5.